The van der Waals surface area contributed by atoms with Crippen LogP contribution in [-0.2, 0) is 4.79 Å². The second kappa shape index (κ2) is 9.59. The fourth-order valence-electron chi connectivity index (χ4n) is 2.26. The fourth-order valence-corrected chi connectivity index (χ4v) is 2.26. The summed E-state index contributed by atoms with van der Waals surface area (Å²) >= 11 is 0. The molecule has 0 unspecified atom stereocenters. The van der Waals surface area contributed by atoms with Crippen molar-refractivity contribution in [3.8, 4) is 17.2 Å². The number of carbonyl (C=O) groups is 1. The summed E-state index contributed by atoms with van der Waals surface area (Å²) in [6, 6.07) is 5.22. The monoisotopic (exact) mass is 435 g/mol. The topological polar surface area (TPSA) is 210 Å². The van der Waals surface area contributed by atoms with Crippen molar-refractivity contribution in [2.24, 2.45) is 5.10 Å². The number of hydrazone groups is 1. The number of hydrogen-bond acceptors (Lipinski definition) is 11. The summed E-state index contributed by atoms with van der Waals surface area (Å²) in [5.41, 5.74) is -0.0107. The molecule has 0 aliphatic heterocycles. The Morgan fingerprint density at radius 1 is 1.13 bits per heavy atom. The van der Waals surface area contributed by atoms with E-state index in [1.54, 1.807) is 0 Å². The highest BCUT2D eigenvalue weighted by Gasteiger charge is 2.27. The largest absolute Gasteiger partial charge is 0.502 e. The number of nitrogens with one attached hydrogen (secondary N) is 1. The molecule has 0 aliphatic carbocycles. The average molecular weight is 435 g/mol. The van der Waals surface area contributed by atoms with Crippen LogP contribution in [0.3, 0.4) is 0 Å². The number of non-ortho nitro benzene ring substituents is 1. The van der Waals surface area contributed by atoms with Crippen molar-refractivity contribution in [3.63, 3.8) is 0 Å². The first-order chi connectivity index (χ1) is 14.6. The third-order valence-corrected chi connectivity index (χ3v) is 3.63. The molecule has 15 nitrogen and oxygen atoms in total. The number of aromatic hydroxyl groups is 1. The molecule has 0 bridgehead atoms. The van der Waals surface area contributed by atoms with Gasteiger partial charge in [-0.1, -0.05) is 6.07 Å². The molecular formula is C16H13N5O10. The lowest BCUT2D eigenvalue weighted by Crippen LogP contribution is -2.25. The maximum absolute atomic E-state index is 11.9. The van der Waals surface area contributed by atoms with Crippen LogP contribution in [0.2, 0.25) is 0 Å². The molecular weight excluding hydrogens is 422 g/mol. The molecule has 0 fully saturated rings. The number of methoxy groups -OCH3 is 1. The minimum atomic E-state index is -0.938. The lowest BCUT2D eigenvalue weighted by molar-refractivity contribution is -0.394. The number of phenolic OH excluding ortho intramolecular Hbond substituents is 1. The molecule has 0 heterocycles. The summed E-state index contributed by atoms with van der Waals surface area (Å²) < 4.78 is 9.94. The van der Waals surface area contributed by atoms with Crippen molar-refractivity contribution in [2.75, 3.05) is 13.7 Å². The Balaban J connectivity index is 2.12. The molecule has 0 radical (unpaired) electrons. The number of para-hydroxylation sites is 1. The van der Waals surface area contributed by atoms with E-state index >= 15 is 0 Å². The molecule has 162 valence electrons. The molecule has 2 N–H and O–H groups in total. The maximum Gasteiger partial charge on any atom is 0.321 e. The fraction of sp³-hybridized carbons (Fsp3) is 0.125. The van der Waals surface area contributed by atoms with Gasteiger partial charge >= 0.3 is 11.4 Å². The first kappa shape index (κ1) is 22.5. The number of carbonyl (C=O) groups excluding carboxylic acids is 1. The third kappa shape index (κ3) is 5.37. The predicted octanol–water partition coefficient (Wildman–Crippen LogP) is 1.65. The number of ether oxygens (including phenoxy) is 2. The van der Waals surface area contributed by atoms with Crippen LogP contribution in [0.15, 0.2) is 35.4 Å². The van der Waals surface area contributed by atoms with E-state index in [1.165, 1.54) is 12.1 Å². The van der Waals surface area contributed by atoms with Gasteiger partial charge in [-0.3, -0.25) is 35.1 Å². The van der Waals surface area contributed by atoms with Crippen molar-refractivity contribution in [1.82, 2.24) is 5.43 Å². The van der Waals surface area contributed by atoms with Crippen LogP contribution in [0, 0.1) is 30.3 Å². The highest BCUT2D eigenvalue weighted by Crippen LogP contribution is 2.40. The van der Waals surface area contributed by atoms with Gasteiger partial charge in [0.25, 0.3) is 11.6 Å². The van der Waals surface area contributed by atoms with Crippen LogP contribution in [0.4, 0.5) is 17.1 Å². The smallest absolute Gasteiger partial charge is 0.321 e. The van der Waals surface area contributed by atoms with Crippen molar-refractivity contribution >= 4 is 29.2 Å². The zero-order valence-corrected chi connectivity index (χ0v) is 15.6. The molecule has 1 amide bonds. The Bertz CT molecular complexity index is 1080. The van der Waals surface area contributed by atoms with Crippen molar-refractivity contribution < 1.29 is 34.1 Å². The predicted molar refractivity (Wildman–Crippen MR) is 102 cm³/mol. The van der Waals surface area contributed by atoms with Crippen LogP contribution in [0.25, 0.3) is 0 Å². The molecule has 0 spiro atoms. The van der Waals surface area contributed by atoms with E-state index in [1.807, 2.05) is 5.43 Å². The first-order valence-corrected chi connectivity index (χ1v) is 8.07. The number of hydrogen-bond donors (Lipinski definition) is 2. The zero-order valence-electron chi connectivity index (χ0n) is 15.6. The Labute approximate surface area is 172 Å². The zero-order chi connectivity index (χ0) is 23.1. The van der Waals surface area contributed by atoms with Gasteiger partial charge in [-0.15, -0.1) is 0 Å². The molecule has 31 heavy (non-hydrogen) atoms. The van der Waals surface area contributed by atoms with E-state index < -0.39 is 55.8 Å². The Morgan fingerprint density at radius 2 is 1.81 bits per heavy atom. The van der Waals surface area contributed by atoms with E-state index in [-0.39, 0.29) is 11.3 Å². The normalized spacial score (nSPS) is 10.5. The van der Waals surface area contributed by atoms with Gasteiger partial charge in [-0.25, -0.2) is 5.43 Å². The standard InChI is InChI=1S/C16H13N5O10/c1-30-13-6-10(19(24)25)5-12(21(28)29)16(13)31-8-14(22)18-17-7-9-3-2-4-11(15(9)23)20(26)27/h2-7,23H,8H2,1H3,(H,18,22). The van der Waals surface area contributed by atoms with Gasteiger partial charge in [0.2, 0.25) is 11.5 Å². The van der Waals surface area contributed by atoms with Crippen molar-refractivity contribution in [2.45, 2.75) is 0 Å². The number of benzene rings is 2. The summed E-state index contributed by atoms with van der Waals surface area (Å²) in [4.78, 5) is 42.2. The summed E-state index contributed by atoms with van der Waals surface area (Å²) in [6.45, 7) is -0.784. The van der Waals surface area contributed by atoms with E-state index in [0.717, 1.165) is 25.5 Å². The number of nitro groups is 3. The second-order valence-corrected chi connectivity index (χ2v) is 5.56. The summed E-state index contributed by atoms with van der Waals surface area (Å²) in [7, 11) is 1.10. The molecule has 2 rings (SSSR count). The van der Waals surface area contributed by atoms with Gasteiger partial charge in [-0.2, -0.15) is 5.10 Å². The number of nitro benzene ring substituents is 3. The molecule has 15 heteroatoms. The van der Waals surface area contributed by atoms with E-state index in [2.05, 4.69) is 5.10 Å². The van der Waals surface area contributed by atoms with E-state index in [4.69, 9.17) is 9.47 Å². The van der Waals surface area contributed by atoms with Crippen LogP contribution in [-0.4, -0.2) is 45.7 Å². The lowest BCUT2D eigenvalue weighted by atomic mass is 10.2. The molecule has 2 aromatic carbocycles. The van der Waals surface area contributed by atoms with Crippen LogP contribution in [0.5, 0.6) is 17.2 Å². The third-order valence-electron chi connectivity index (χ3n) is 3.63. The molecule has 0 aliphatic rings. The molecule has 0 aromatic heterocycles. The average Bonchev–Trinajstić information content (AvgIpc) is 2.72. The Kier molecular flexibility index (Phi) is 6.95. The Hall–Kier alpha value is -4.82. The van der Waals surface area contributed by atoms with Gasteiger partial charge in [0.15, 0.2) is 12.4 Å². The minimum absolute atomic E-state index is 0.0527. The number of phenols is 1. The van der Waals surface area contributed by atoms with Gasteiger partial charge in [0.1, 0.15) is 0 Å². The molecule has 0 saturated carbocycles. The van der Waals surface area contributed by atoms with E-state index in [0.29, 0.717) is 6.07 Å². The maximum atomic E-state index is 11.9. The first-order valence-electron chi connectivity index (χ1n) is 8.07. The highest BCUT2D eigenvalue weighted by molar-refractivity contribution is 5.87. The molecule has 0 atom stereocenters. The van der Waals surface area contributed by atoms with E-state index in [9.17, 15) is 40.2 Å². The van der Waals surface area contributed by atoms with Crippen LogP contribution >= 0.6 is 0 Å². The van der Waals surface area contributed by atoms with Crippen LogP contribution < -0.4 is 14.9 Å². The van der Waals surface area contributed by atoms with Crippen molar-refractivity contribution in [1.29, 1.82) is 0 Å². The number of rotatable bonds is 9. The second-order valence-electron chi connectivity index (χ2n) is 5.56. The highest BCUT2D eigenvalue weighted by atomic mass is 16.6. The summed E-state index contributed by atoms with van der Waals surface area (Å²) in [6.07, 6.45) is 0.940. The number of amides is 1. The van der Waals surface area contributed by atoms with Crippen molar-refractivity contribution in [3.05, 3.63) is 66.2 Å². The molecule has 0 saturated heterocycles. The summed E-state index contributed by atoms with van der Waals surface area (Å²) in [5.74, 6) is -2.39. The van der Waals surface area contributed by atoms with Gasteiger partial charge in [0.05, 0.1) is 40.2 Å². The van der Waals surface area contributed by atoms with Gasteiger partial charge in [0, 0.05) is 11.6 Å². The quantitative estimate of drug-likeness (QED) is 0.330. The molecule has 2 aromatic rings. The van der Waals surface area contributed by atoms with Crippen LogP contribution in [0.1, 0.15) is 5.56 Å². The SMILES string of the molecule is COc1cc([N+](=O)[O-])cc([N+](=O)[O-])c1OCC(=O)NN=Cc1cccc([N+](=O)[O-])c1O. The summed E-state index contributed by atoms with van der Waals surface area (Å²) in [5, 5.41) is 46.2. The lowest BCUT2D eigenvalue weighted by Gasteiger charge is -2.10. The van der Waals surface area contributed by atoms with Gasteiger partial charge in [-0.05, 0) is 6.07 Å². The number of nitrogens with zero attached hydrogens (tertiary/aromatic N) is 4. The van der Waals surface area contributed by atoms with Gasteiger partial charge < -0.3 is 14.6 Å². The minimum Gasteiger partial charge on any atom is -0.502 e. The Morgan fingerprint density at radius 3 is 2.39 bits per heavy atom.